The molecule has 0 aliphatic rings. The van der Waals surface area contributed by atoms with Crippen molar-refractivity contribution in [2.75, 3.05) is 0 Å². The van der Waals surface area contributed by atoms with Crippen molar-refractivity contribution in [1.29, 1.82) is 0 Å². The van der Waals surface area contributed by atoms with E-state index < -0.39 is 0 Å². The van der Waals surface area contributed by atoms with Crippen LogP contribution in [0.3, 0.4) is 0 Å². The van der Waals surface area contributed by atoms with E-state index in [1.165, 1.54) is 0 Å². The number of ether oxygens (including phenoxy) is 1. The van der Waals surface area contributed by atoms with E-state index in [2.05, 4.69) is 13.0 Å². The van der Waals surface area contributed by atoms with Crippen LogP contribution < -0.4 is 0 Å². The number of hydrogen-bond donors (Lipinski definition) is 0. The highest BCUT2D eigenvalue weighted by molar-refractivity contribution is 5.76. The first-order valence-corrected chi connectivity index (χ1v) is 6.41. The number of rotatable bonds is 7. The van der Waals surface area contributed by atoms with Crippen molar-refractivity contribution in [2.45, 2.75) is 39.9 Å². The van der Waals surface area contributed by atoms with E-state index >= 15 is 0 Å². The van der Waals surface area contributed by atoms with Crippen LogP contribution in [0.15, 0.2) is 42.5 Å². The average molecular weight is 246 g/mol. The molecule has 98 valence electrons. The van der Waals surface area contributed by atoms with Crippen molar-refractivity contribution in [3.8, 4) is 0 Å². The number of carbonyl (C=O) groups excluding carboxylic acids is 1. The Bertz CT molecular complexity index is 381. The molecule has 2 heteroatoms. The fraction of sp³-hybridized carbons (Fsp3) is 0.438. The second-order valence-corrected chi connectivity index (χ2v) is 4.63. The van der Waals surface area contributed by atoms with Gasteiger partial charge in [0.15, 0.2) is 0 Å². The van der Waals surface area contributed by atoms with Crippen molar-refractivity contribution in [1.82, 2.24) is 0 Å². The van der Waals surface area contributed by atoms with Gasteiger partial charge in [0.05, 0.1) is 12.7 Å². The predicted molar refractivity (Wildman–Crippen MR) is 74.3 cm³/mol. The van der Waals surface area contributed by atoms with Crippen LogP contribution in [0.2, 0.25) is 0 Å². The monoisotopic (exact) mass is 246 g/mol. The number of Topliss-reactive ketones (excluding diaryl/α,β-unsaturated/α-hetero) is 1. The van der Waals surface area contributed by atoms with E-state index in [0.717, 1.165) is 5.56 Å². The summed E-state index contributed by atoms with van der Waals surface area (Å²) in [5.41, 5.74) is 1.14. The summed E-state index contributed by atoms with van der Waals surface area (Å²) in [7, 11) is 0. The third-order valence-electron chi connectivity index (χ3n) is 2.88. The molecule has 0 spiro atoms. The molecule has 0 N–H and O–H groups in total. The molecule has 0 amide bonds. The molecule has 0 heterocycles. The summed E-state index contributed by atoms with van der Waals surface area (Å²) in [5.74, 6) is 0.423. The largest absolute Gasteiger partial charge is 0.372 e. The second kappa shape index (κ2) is 7.83. The SMILES string of the molecule is C/C=C/[C@H](C)[C@@H](CC(C)=O)OCc1ccccc1. The lowest BCUT2D eigenvalue weighted by atomic mass is 9.99. The van der Waals surface area contributed by atoms with Crippen molar-refractivity contribution >= 4 is 5.78 Å². The van der Waals surface area contributed by atoms with Crippen LogP contribution in [-0.2, 0) is 16.1 Å². The van der Waals surface area contributed by atoms with Crippen molar-refractivity contribution in [2.24, 2.45) is 5.92 Å². The first-order chi connectivity index (χ1) is 8.63. The number of allylic oxidation sites excluding steroid dienone is 1. The second-order valence-electron chi connectivity index (χ2n) is 4.63. The molecule has 0 aliphatic carbocycles. The van der Waals surface area contributed by atoms with Gasteiger partial charge in [0.1, 0.15) is 5.78 Å². The Hall–Kier alpha value is -1.41. The molecule has 0 aliphatic heterocycles. The lowest BCUT2D eigenvalue weighted by Crippen LogP contribution is -2.23. The topological polar surface area (TPSA) is 26.3 Å². The summed E-state index contributed by atoms with van der Waals surface area (Å²) >= 11 is 0. The van der Waals surface area contributed by atoms with Gasteiger partial charge < -0.3 is 4.74 Å². The molecule has 18 heavy (non-hydrogen) atoms. The Morgan fingerprint density at radius 3 is 2.56 bits per heavy atom. The van der Waals surface area contributed by atoms with Gasteiger partial charge in [-0.2, -0.15) is 0 Å². The molecule has 0 saturated heterocycles. The van der Waals surface area contributed by atoms with Crippen LogP contribution in [-0.4, -0.2) is 11.9 Å². The van der Waals surface area contributed by atoms with Gasteiger partial charge in [-0.25, -0.2) is 0 Å². The van der Waals surface area contributed by atoms with E-state index in [0.29, 0.717) is 13.0 Å². The van der Waals surface area contributed by atoms with E-state index in [9.17, 15) is 4.79 Å². The lowest BCUT2D eigenvalue weighted by Gasteiger charge is -2.21. The standard InChI is InChI=1S/C16H22O2/c1-4-8-13(2)16(11-14(3)17)18-12-15-9-6-5-7-10-15/h4-10,13,16H,11-12H2,1-3H3/b8-4+/t13-,16+/m0/s1. The Morgan fingerprint density at radius 2 is 2.00 bits per heavy atom. The maximum Gasteiger partial charge on any atom is 0.132 e. The zero-order valence-corrected chi connectivity index (χ0v) is 11.4. The molecular weight excluding hydrogens is 224 g/mol. The van der Waals surface area contributed by atoms with Crippen molar-refractivity contribution in [3.05, 3.63) is 48.0 Å². The molecule has 0 fully saturated rings. The fourth-order valence-corrected chi connectivity index (χ4v) is 1.88. The van der Waals surface area contributed by atoms with Crippen molar-refractivity contribution < 1.29 is 9.53 Å². The van der Waals surface area contributed by atoms with Gasteiger partial charge in [-0.1, -0.05) is 49.4 Å². The Labute approximate surface area is 110 Å². The summed E-state index contributed by atoms with van der Waals surface area (Å²) in [6.45, 7) is 6.24. The average Bonchev–Trinajstić information content (AvgIpc) is 2.35. The lowest BCUT2D eigenvalue weighted by molar-refractivity contribution is -0.120. The highest BCUT2D eigenvalue weighted by atomic mass is 16.5. The number of hydrogen-bond acceptors (Lipinski definition) is 2. The maximum absolute atomic E-state index is 11.3. The molecule has 2 atom stereocenters. The van der Waals surface area contributed by atoms with Gasteiger partial charge in [-0.15, -0.1) is 0 Å². The highest BCUT2D eigenvalue weighted by Gasteiger charge is 2.17. The normalized spacial score (nSPS) is 14.6. The fourth-order valence-electron chi connectivity index (χ4n) is 1.88. The quantitative estimate of drug-likeness (QED) is 0.685. The van der Waals surface area contributed by atoms with E-state index in [1.54, 1.807) is 6.92 Å². The molecule has 0 bridgehead atoms. The van der Waals surface area contributed by atoms with Crippen LogP contribution in [0.25, 0.3) is 0 Å². The molecule has 0 saturated carbocycles. The van der Waals surface area contributed by atoms with Gasteiger partial charge in [-0.3, -0.25) is 4.79 Å². The van der Waals surface area contributed by atoms with Gasteiger partial charge in [0.2, 0.25) is 0 Å². The minimum Gasteiger partial charge on any atom is -0.372 e. The summed E-state index contributed by atoms with van der Waals surface area (Å²) < 4.78 is 5.88. The smallest absolute Gasteiger partial charge is 0.132 e. The summed E-state index contributed by atoms with van der Waals surface area (Å²) in [6, 6.07) is 10.0. The van der Waals surface area contributed by atoms with Crippen LogP contribution in [0.5, 0.6) is 0 Å². The van der Waals surface area contributed by atoms with Gasteiger partial charge in [0.25, 0.3) is 0 Å². The van der Waals surface area contributed by atoms with E-state index in [-0.39, 0.29) is 17.8 Å². The number of benzene rings is 1. The van der Waals surface area contributed by atoms with Gasteiger partial charge >= 0.3 is 0 Å². The maximum atomic E-state index is 11.3. The molecular formula is C16H22O2. The zero-order valence-electron chi connectivity index (χ0n) is 11.4. The minimum absolute atomic E-state index is 0.0427. The van der Waals surface area contributed by atoms with E-state index in [1.807, 2.05) is 43.3 Å². The molecule has 1 aromatic carbocycles. The third kappa shape index (κ3) is 5.28. The first kappa shape index (κ1) is 14.7. The molecule has 0 aromatic heterocycles. The molecule has 2 nitrogen and oxygen atoms in total. The zero-order chi connectivity index (χ0) is 13.4. The molecule has 0 unspecified atom stereocenters. The minimum atomic E-state index is -0.0427. The summed E-state index contributed by atoms with van der Waals surface area (Å²) in [4.78, 5) is 11.3. The van der Waals surface area contributed by atoms with Crippen LogP contribution in [0.1, 0.15) is 32.8 Å². The molecule has 1 rings (SSSR count). The highest BCUT2D eigenvalue weighted by Crippen LogP contribution is 2.16. The summed E-state index contributed by atoms with van der Waals surface area (Å²) in [5, 5.41) is 0. The first-order valence-electron chi connectivity index (χ1n) is 6.41. The van der Waals surface area contributed by atoms with Crippen LogP contribution in [0, 0.1) is 5.92 Å². The van der Waals surface area contributed by atoms with Crippen LogP contribution in [0.4, 0.5) is 0 Å². The molecule has 1 aromatic rings. The third-order valence-corrected chi connectivity index (χ3v) is 2.88. The van der Waals surface area contributed by atoms with Crippen LogP contribution >= 0.6 is 0 Å². The number of carbonyl (C=O) groups is 1. The summed E-state index contributed by atoms with van der Waals surface area (Å²) in [6.07, 6.45) is 4.51. The van der Waals surface area contributed by atoms with Gasteiger partial charge in [-0.05, 0) is 19.4 Å². The molecule has 0 radical (unpaired) electrons. The van der Waals surface area contributed by atoms with E-state index in [4.69, 9.17) is 4.74 Å². The number of ketones is 1. The Morgan fingerprint density at radius 1 is 1.33 bits per heavy atom. The van der Waals surface area contributed by atoms with Crippen molar-refractivity contribution in [3.63, 3.8) is 0 Å². The predicted octanol–water partition coefficient (Wildman–Crippen LogP) is 3.76. The Kier molecular flexibility index (Phi) is 6.37. The Balaban J connectivity index is 2.58. The van der Waals surface area contributed by atoms with Gasteiger partial charge in [0, 0.05) is 12.3 Å².